The van der Waals surface area contributed by atoms with Crippen LogP contribution in [0.15, 0.2) is 33.6 Å². The fraction of sp³-hybridized carbons (Fsp3) is 0.500. The number of rotatable bonds is 4. The molecule has 0 amide bonds. The molecule has 36 heavy (non-hydrogen) atoms. The Kier molecular flexibility index (Phi) is 6.11. The van der Waals surface area contributed by atoms with Crippen LogP contribution in [0.1, 0.15) is 67.2 Å². The van der Waals surface area contributed by atoms with Gasteiger partial charge in [0, 0.05) is 62.1 Å². The number of fused-ring (bicyclic) bond motifs is 2. The Bertz CT molecular complexity index is 1390. The number of piperazine rings is 1. The Morgan fingerprint density at radius 3 is 2.53 bits per heavy atom. The molecule has 0 radical (unpaired) electrons. The lowest BCUT2D eigenvalue weighted by atomic mass is 9.80. The summed E-state index contributed by atoms with van der Waals surface area (Å²) in [4.78, 5) is 42.2. The van der Waals surface area contributed by atoms with Crippen molar-refractivity contribution in [3.05, 3.63) is 57.2 Å². The molecule has 1 aromatic carbocycles. The lowest BCUT2D eigenvalue weighted by molar-refractivity contribution is 0.103. The smallest absolute Gasteiger partial charge is 0.347 e. The average Bonchev–Trinajstić information content (AvgIpc) is 2.85. The quantitative estimate of drug-likeness (QED) is 0.402. The van der Waals surface area contributed by atoms with E-state index in [2.05, 4.69) is 65.5 Å². The fourth-order valence-corrected chi connectivity index (χ4v) is 5.58. The summed E-state index contributed by atoms with van der Waals surface area (Å²) in [5.74, 6) is 0.566. The first kappa shape index (κ1) is 24.4. The van der Waals surface area contributed by atoms with Gasteiger partial charge in [0.1, 0.15) is 11.1 Å². The van der Waals surface area contributed by atoms with Crippen molar-refractivity contribution in [3.8, 4) is 0 Å². The van der Waals surface area contributed by atoms with Crippen molar-refractivity contribution in [3.63, 3.8) is 0 Å². The van der Waals surface area contributed by atoms with Crippen LogP contribution < -0.4 is 15.4 Å². The van der Waals surface area contributed by atoms with Gasteiger partial charge in [-0.15, -0.1) is 0 Å². The number of anilines is 2. The van der Waals surface area contributed by atoms with E-state index in [4.69, 9.17) is 4.42 Å². The molecule has 4 heterocycles. The molecule has 2 aliphatic rings. The van der Waals surface area contributed by atoms with Gasteiger partial charge < -0.3 is 19.1 Å². The molecule has 8 nitrogen and oxygen atoms in total. The van der Waals surface area contributed by atoms with Crippen LogP contribution in [-0.4, -0.2) is 66.0 Å². The van der Waals surface area contributed by atoms with Crippen molar-refractivity contribution >= 4 is 28.4 Å². The molecular formula is C28H35N5O3. The second-order valence-electron chi connectivity index (χ2n) is 10.8. The highest BCUT2D eigenvalue weighted by Gasteiger charge is 2.34. The van der Waals surface area contributed by atoms with Gasteiger partial charge >= 0.3 is 5.63 Å². The van der Waals surface area contributed by atoms with Gasteiger partial charge in [-0.1, -0.05) is 13.8 Å². The summed E-state index contributed by atoms with van der Waals surface area (Å²) >= 11 is 0. The molecular weight excluding hydrogens is 454 g/mol. The van der Waals surface area contributed by atoms with Crippen molar-refractivity contribution in [1.82, 2.24) is 14.9 Å². The highest BCUT2D eigenvalue weighted by Crippen LogP contribution is 2.43. The largest absolute Gasteiger partial charge is 0.422 e. The van der Waals surface area contributed by atoms with Crippen LogP contribution in [0.5, 0.6) is 0 Å². The number of carbonyl (C=O) groups is 1. The summed E-state index contributed by atoms with van der Waals surface area (Å²) in [6.45, 7) is 15.3. The Morgan fingerprint density at radius 1 is 1.14 bits per heavy atom. The molecule has 0 saturated carbocycles. The van der Waals surface area contributed by atoms with Gasteiger partial charge in [-0.2, -0.15) is 0 Å². The Morgan fingerprint density at radius 2 is 1.86 bits per heavy atom. The molecule has 0 bridgehead atoms. The van der Waals surface area contributed by atoms with Crippen LogP contribution in [0, 0.1) is 6.92 Å². The Labute approximate surface area is 211 Å². The SMILES string of the molecule is CCN1CCN(c2ncc(C(=O)c3cc4cc5c(cc4oc3=O)N(C)C(C)(C)C[C@@H]5C)c(C)n2)CC1. The van der Waals surface area contributed by atoms with Crippen LogP contribution in [-0.2, 0) is 0 Å². The van der Waals surface area contributed by atoms with Crippen molar-refractivity contribution in [2.24, 2.45) is 0 Å². The zero-order chi connectivity index (χ0) is 25.8. The summed E-state index contributed by atoms with van der Waals surface area (Å²) in [5.41, 5.74) is 3.01. The monoisotopic (exact) mass is 489 g/mol. The van der Waals surface area contributed by atoms with E-state index in [1.54, 1.807) is 19.2 Å². The lowest BCUT2D eigenvalue weighted by Crippen LogP contribution is -2.46. The van der Waals surface area contributed by atoms with E-state index in [1.165, 1.54) is 5.56 Å². The summed E-state index contributed by atoms with van der Waals surface area (Å²) in [6, 6.07) is 5.65. The topological polar surface area (TPSA) is 82.8 Å². The minimum absolute atomic E-state index is 0.00354. The van der Waals surface area contributed by atoms with E-state index in [-0.39, 0.29) is 11.1 Å². The van der Waals surface area contributed by atoms with Crippen molar-refractivity contribution in [2.45, 2.75) is 52.5 Å². The van der Waals surface area contributed by atoms with Crippen LogP contribution in [0.3, 0.4) is 0 Å². The zero-order valence-electron chi connectivity index (χ0n) is 22.1. The van der Waals surface area contributed by atoms with Crippen LogP contribution in [0.25, 0.3) is 11.0 Å². The number of aromatic nitrogens is 2. The summed E-state index contributed by atoms with van der Waals surface area (Å²) < 4.78 is 5.68. The normalized spacial score (nSPS) is 20.0. The van der Waals surface area contributed by atoms with Crippen LogP contribution >= 0.6 is 0 Å². The number of hydrogen-bond acceptors (Lipinski definition) is 8. The first-order valence-corrected chi connectivity index (χ1v) is 12.8. The molecule has 2 aromatic heterocycles. The number of carbonyl (C=O) groups excluding carboxylic acids is 1. The Hall–Kier alpha value is -3.26. The van der Waals surface area contributed by atoms with Crippen molar-refractivity contribution in [2.75, 3.05) is 49.6 Å². The number of hydrogen-bond donors (Lipinski definition) is 0. The van der Waals surface area contributed by atoms with E-state index >= 15 is 0 Å². The standard InChI is InChI=1S/C28H35N5O3/c1-7-32-8-10-33(11-9-32)27-29-16-22(18(3)30-27)25(34)21-13-19-12-20-17(2)15-28(4,5)31(6)23(20)14-24(19)36-26(21)35/h12-14,16-17H,7-11,15H2,1-6H3/t17-/m0/s1. The van der Waals surface area contributed by atoms with Gasteiger partial charge in [-0.05, 0) is 57.4 Å². The van der Waals surface area contributed by atoms with E-state index in [0.717, 1.165) is 50.2 Å². The van der Waals surface area contributed by atoms with Crippen molar-refractivity contribution < 1.29 is 9.21 Å². The predicted octanol–water partition coefficient (Wildman–Crippen LogP) is 3.99. The van der Waals surface area contributed by atoms with E-state index in [1.807, 2.05) is 6.07 Å². The first-order valence-electron chi connectivity index (χ1n) is 12.8. The maximum Gasteiger partial charge on any atom is 0.347 e. The van der Waals surface area contributed by atoms with E-state index in [9.17, 15) is 9.59 Å². The van der Waals surface area contributed by atoms with Gasteiger partial charge in [0.05, 0.1) is 11.3 Å². The number of benzene rings is 1. The van der Waals surface area contributed by atoms with Gasteiger partial charge in [0.25, 0.3) is 0 Å². The average molecular weight is 490 g/mol. The van der Waals surface area contributed by atoms with E-state index < -0.39 is 11.4 Å². The van der Waals surface area contributed by atoms with Gasteiger partial charge in [0.2, 0.25) is 11.7 Å². The molecule has 0 unspecified atom stereocenters. The molecule has 5 rings (SSSR count). The predicted molar refractivity (Wildman–Crippen MR) is 143 cm³/mol. The molecule has 190 valence electrons. The molecule has 2 aliphatic heterocycles. The highest BCUT2D eigenvalue weighted by atomic mass is 16.4. The maximum absolute atomic E-state index is 13.4. The van der Waals surface area contributed by atoms with Gasteiger partial charge in [-0.3, -0.25) is 4.79 Å². The lowest BCUT2D eigenvalue weighted by Gasteiger charge is -2.45. The minimum atomic E-state index is -0.641. The maximum atomic E-state index is 13.4. The second kappa shape index (κ2) is 9.00. The highest BCUT2D eigenvalue weighted by molar-refractivity contribution is 6.10. The third kappa shape index (κ3) is 4.17. The van der Waals surface area contributed by atoms with E-state index in [0.29, 0.717) is 28.7 Å². The van der Waals surface area contributed by atoms with Gasteiger partial charge in [-0.25, -0.2) is 14.8 Å². The molecule has 0 aliphatic carbocycles. The number of nitrogens with zero attached hydrogens (tertiary/aromatic N) is 5. The number of ketones is 1. The molecule has 3 aromatic rings. The fourth-order valence-electron chi connectivity index (χ4n) is 5.58. The van der Waals surface area contributed by atoms with Crippen LogP contribution in [0.2, 0.25) is 0 Å². The summed E-state index contributed by atoms with van der Waals surface area (Å²) in [7, 11) is 2.07. The van der Waals surface area contributed by atoms with Gasteiger partial charge in [0.15, 0.2) is 0 Å². The third-order valence-electron chi connectivity index (χ3n) is 8.05. The number of likely N-dealkylation sites (N-methyl/N-ethyl adjacent to an activating group) is 1. The molecule has 8 heteroatoms. The summed E-state index contributed by atoms with van der Waals surface area (Å²) in [6.07, 6.45) is 2.56. The minimum Gasteiger partial charge on any atom is -0.422 e. The first-order chi connectivity index (χ1) is 17.1. The summed E-state index contributed by atoms with van der Waals surface area (Å²) in [5, 5.41) is 0.751. The number of aryl methyl sites for hydroxylation is 1. The van der Waals surface area contributed by atoms with Crippen molar-refractivity contribution in [1.29, 1.82) is 0 Å². The molecule has 1 saturated heterocycles. The molecule has 1 fully saturated rings. The third-order valence-corrected chi connectivity index (χ3v) is 8.05. The zero-order valence-corrected chi connectivity index (χ0v) is 22.1. The molecule has 0 spiro atoms. The molecule has 0 N–H and O–H groups in total. The molecule has 1 atom stereocenters. The second-order valence-corrected chi connectivity index (χ2v) is 10.8. The van der Waals surface area contributed by atoms with Crippen LogP contribution in [0.4, 0.5) is 11.6 Å². The Balaban J connectivity index is 1.47.